The van der Waals surface area contributed by atoms with Crippen molar-refractivity contribution < 1.29 is 14.3 Å². The maximum Gasteiger partial charge on any atom is 0.146 e. The second-order valence-electron chi connectivity index (χ2n) is 16.1. The van der Waals surface area contributed by atoms with E-state index in [-0.39, 0.29) is 11.0 Å². The topological polar surface area (TPSA) is 58.1 Å². The number of carbonyl (C=O) groups excluding carboxylic acids is 1. The number of hydrogen-bond donors (Lipinski definition) is 0. The van der Waals surface area contributed by atoms with Gasteiger partial charge in [-0.2, -0.15) is 0 Å². The molecule has 250 valence electrons. The summed E-state index contributed by atoms with van der Waals surface area (Å²) in [6.45, 7) is 34.7. The lowest BCUT2D eigenvalue weighted by molar-refractivity contribution is -0.123. The summed E-state index contributed by atoms with van der Waals surface area (Å²) < 4.78 is 10.6. The van der Waals surface area contributed by atoms with Crippen LogP contribution in [0.3, 0.4) is 0 Å². The molecule has 43 heavy (non-hydrogen) atoms. The van der Waals surface area contributed by atoms with Gasteiger partial charge in [0.05, 0.1) is 25.9 Å². The lowest BCUT2D eigenvalue weighted by atomic mass is 9.88. The van der Waals surface area contributed by atoms with Crippen molar-refractivity contribution in [1.82, 2.24) is 19.7 Å². The number of hydrogen-bond acceptors (Lipinski definition) is 7. The quantitative estimate of drug-likeness (QED) is 0.348. The van der Waals surface area contributed by atoms with Crippen molar-refractivity contribution in [3.05, 3.63) is 30.1 Å². The molecule has 0 atom stereocenters. The fourth-order valence-electron chi connectivity index (χ4n) is 5.26. The fourth-order valence-corrected chi connectivity index (χ4v) is 5.26. The van der Waals surface area contributed by atoms with Crippen LogP contribution in [-0.4, -0.2) is 108 Å². The number of ketones is 1. The zero-order chi connectivity index (χ0) is 32.9. The smallest absolute Gasteiger partial charge is 0.146 e. The first-order valence-electron chi connectivity index (χ1n) is 16.5. The van der Waals surface area contributed by atoms with Crippen molar-refractivity contribution in [2.45, 2.75) is 137 Å². The van der Waals surface area contributed by atoms with Gasteiger partial charge in [-0.25, -0.2) is 0 Å². The normalized spacial score (nSPS) is 20.2. The first-order chi connectivity index (χ1) is 19.7. The number of rotatable bonds is 1. The molecule has 0 spiro atoms. The van der Waals surface area contributed by atoms with Crippen LogP contribution in [-0.2, 0) is 19.7 Å². The highest BCUT2D eigenvalue weighted by Crippen LogP contribution is 2.22. The first-order valence-corrected chi connectivity index (χ1v) is 16.5. The number of carbonyl (C=O) groups is 1. The number of likely N-dealkylation sites (tertiary alicyclic amines) is 2. The van der Waals surface area contributed by atoms with Gasteiger partial charge < -0.3 is 9.47 Å². The second kappa shape index (κ2) is 17.9. The van der Waals surface area contributed by atoms with Gasteiger partial charge in [0.25, 0.3) is 0 Å². The van der Waals surface area contributed by atoms with E-state index in [2.05, 4.69) is 115 Å². The molecule has 0 aromatic carbocycles. The summed E-state index contributed by atoms with van der Waals surface area (Å²) >= 11 is 0. The molecule has 3 aliphatic rings. The average Bonchev–Trinajstić information content (AvgIpc) is 2.93. The van der Waals surface area contributed by atoms with Crippen LogP contribution in [0.25, 0.3) is 0 Å². The standard InChI is InChI=1S/C10H21NO.C9H17NO.C9H13N.C8H17NO/c1-10(2,3)11-7-5-9(12-4)6-8-11;1-9(2,3)10-6-4-5-8(11)7-10;1-9(2,3)8-4-6-10-7-5-8;1-8(2,3)9-4-6-10-7-5-9/h9H,5-8H2,1-4H3;4-7H2,1-3H3;4-7H,1-3H3;4-7H2,1-3H3. The van der Waals surface area contributed by atoms with Crippen LogP contribution in [0.4, 0.5) is 0 Å². The van der Waals surface area contributed by atoms with E-state index in [1.165, 1.54) is 31.5 Å². The third-order valence-corrected chi connectivity index (χ3v) is 8.43. The third-order valence-electron chi connectivity index (χ3n) is 8.43. The Morgan fingerprint density at radius 2 is 1.19 bits per heavy atom. The highest BCUT2D eigenvalue weighted by molar-refractivity contribution is 5.81. The Morgan fingerprint density at radius 1 is 0.721 bits per heavy atom. The van der Waals surface area contributed by atoms with Crippen LogP contribution < -0.4 is 0 Å². The van der Waals surface area contributed by atoms with Crippen LogP contribution in [0.5, 0.6) is 0 Å². The van der Waals surface area contributed by atoms with Gasteiger partial charge in [-0.15, -0.1) is 0 Å². The molecule has 0 N–H and O–H groups in total. The van der Waals surface area contributed by atoms with Crippen LogP contribution >= 0.6 is 0 Å². The van der Waals surface area contributed by atoms with Crippen molar-refractivity contribution in [2.24, 2.45) is 0 Å². The number of nitrogens with zero attached hydrogens (tertiary/aromatic N) is 4. The van der Waals surface area contributed by atoms with Gasteiger partial charge in [0.15, 0.2) is 0 Å². The molecule has 7 nitrogen and oxygen atoms in total. The number of methoxy groups -OCH3 is 1. The van der Waals surface area contributed by atoms with Crippen molar-refractivity contribution in [3.8, 4) is 0 Å². The van der Waals surface area contributed by atoms with Gasteiger partial charge in [0.1, 0.15) is 5.78 Å². The largest absolute Gasteiger partial charge is 0.381 e. The van der Waals surface area contributed by atoms with Crippen LogP contribution in [0, 0.1) is 0 Å². The zero-order valence-corrected chi connectivity index (χ0v) is 30.4. The molecular weight excluding hydrogens is 536 g/mol. The fraction of sp³-hybridized carbons (Fsp3) is 0.833. The van der Waals surface area contributed by atoms with E-state index in [1.54, 1.807) is 0 Å². The van der Waals surface area contributed by atoms with Crippen LogP contribution in [0.15, 0.2) is 24.5 Å². The van der Waals surface area contributed by atoms with E-state index < -0.39 is 0 Å². The number of morpholine rings is 1. The highest BCUT2D eigenvalue weighted by Gasteiger charge is 2.27. The molecule has 3 saturated heterocycles. The Bertz CT molecular complexity index is 880. The Morgan fingerprint density at radius 3 is 1.51 bits per heavy atom. The number of pyridine rings is 1. The average molecular weight is 605 g/mol. The van der Waals surface area contributed by atoms with E-state index in [0.717, 1.165) is 45.7 Å². The molecule has 3 aliphatic heterocycles. The van der Waals surface area contributed by atoms with E-state index in [0.29, 0.717) is 29.5 Å². The molecule has 0 aliphatic carbocycles. The Labute approximate surface area is 266 Å². The summed E-state index contributed by atoms with van der Waals surface area (Å²) in [6, 6.07) is 4.11. The first kappa shape index (κ1) is 39.6. The second-order valence-corrected chi connectivity index (χ2v) is 16.1. The number of aromatic nitrogens is 1. The van der Waals surface area contributed by atoms with Gasteiger partial charge in [-0.1, -0.05) is 20.8 Å². The summed E-state index contributed by atoms with van der Waals surface area (Å²) in [7, 11) is 1.82. The predicted octanol–water partition coefficient (Wildman–Crippen LogP) is 6.84. The van der Waals surface area contributed by atoms with Crippen molar-refractivity contribution >= 4 is 5.78 Å². The molecule has 0 radical (unpaired) electrons. The van der Waals surface area contributed by atoms with Crippen LogP contribution in [0.2, 0.25) is 0 Å². The summed E-state index contributed by atoms with van der Waals surface area (Å²) in [6.07, 6.45) is 8.37. The minimum Gasteiger partial charge on any atom is -0.381 e. The zero-order valence-electron chi connectivity index (χ0n) is 30.4. The van der Waals surface area contributed by atoms with Gasteiger partial charge in [0.2, 0.25) is 0 Å². The Balaban J connectivity index is 0.000000287. The van der Waals surface area contributed by atoms with E-state index in [9.17, 15) is 4.79 Å². The molecule has 1 aromatic rings. The molecule has 0 amide bonds. The van der Waals surface area contributed by atoms with Crippen molar-refractivity contribution in [2.75, 3.05) is 59.6 Å². The third kappa shape index (κ3) is 16.5. The Hall–Kier alpha value is -1.38. The van der Waals surface area contributed by atoms with Gasteiger partial charge in [-0.3, -0.25) is 24.5 Å². The van der Waals surface area contributed by atoms with Crippen LogP contribution in [0.1, 0.15) is 114 Å². The molecule has 3 fully saturated rings. The highest BCUT2D eigenvalue weighted by atomic mass is 16.5. The number of Topliss-reactive ketones (excluding diaryl/α,β-unsaturated/α-hetero) is 1. The number of ether oxygens (including phenoxy) is 2. The predicted molar refractivity (Wildman–Crippen MR) is 182 cm³/mol. The van der Waals surface area contributed by atoms with Gasteiger partial charge in [0, 0.05) is 68.7 Å². The maximum absolute atomic E-state index is 11.1. The van der Waals surface area contributed by atoms with E-state index in [1.807, 2.05) is 19.5 Å². The SMILES string of the molecule is CC(C)(C)N1CCCC(=O)C1.CC(C)(C)N1CCOCC1.CC(C)(C)c1ccncc1.COC1CCN(C(C)(C)C)CC1. The number of piperidine rings is 2. The summed E-state index contributed by atoms with van der Waals surface area (Å²) in [4.78, 5) is 22.3. The molecule has 0 saturated carbocycles. The van der Waals surface area contributed by atoms with Crippen molar-refractivity contribution in [3.63, 3.8) is 0 Å². The summed E-state index contributed by atoms with van der Waals surface area (Å²) in [5.74, 6) is 0.395. The summed E-state index contributed by atoms with van der Waals surface area (Å²) in [5, 5.41) is 0. The Kier molecular flexibility index (Phi) is 16.5. The molecule has 4 heterocycles. The molecular formula is C36H68N4O3. The maximum atomic E-state index is 11.1. The van der Waals surface area contributed by atoms with E-state index >= 15 is 0 Å². The lowest BCUT2D eigenvalue weighted by Crippen LogP contribution is -2.47. The minimum atomic E-state index is 0.163. The molecule has 7 heteroatoms. The van der Waals surface area contributed by atoms with Gasteiger partial charge in [-0.05, 0) is 111 Å². The molecule has 0 bridgehead atoms. The lowest BCUT2D eigenvalue weighted by Gasteiger charge is -2.40. The monoisotopic (exact) mass is 605 g/mol. The minimum absolute atomic E-state index is 0.163. The van der Waals surface area contributed by atoms with Crippen molar-refractivity contribution in [1.29, 1.82) is 0 Å². The molecule has 0 unspecified atom stereocenters. The summed E-state index contributed by atoms with van der Waals surface area (Å²) in [5.41, 5.74) is 2.41. The molecule has 4 rings (SSSR count). The molecule has 1 aromatic heterocycles. The van der Waals surface area contributed by atoms with Gasteiger partial charge >= 0.3 is 0 Å². The van der Waals surface area contributed by atoms with E-state index in [4.69, 9.17) is 9.47 Å².